The van der Waals surface area contributed by atoms with Gasteiger partial charge in [0.2, 0.25) is 0 Å². The molecule has 1 aromatic carbocycles. The molecule has 2 heteroatoms. The molecular formula is C26H44SiTi. The van der Waals surface area contributed by atoms with E-state index in [4.69, 9.17) is 0 Å². The van der Waals surface area contributed by atoms with Crippen molar-refractivity contribution in [2.75, 3.05) is 0 Å². The summed E-state index contributed by atoms with van der Waals surface area (Å²) >= 11 is 0. The van der Waals surface area contributed by atoms with Gasteiger partial charge in [0.15, 0.2) is 0 Å². The smallest absolute Gasteiger partial charge is 0.358 e. The molecule has 1 unspecified atom stereocenters. The first-order chi connectivity index (χ1) is 10.8. The molecule has 1 atom stereocenters. The predicted molar refractivity (Wildman–Crippen MR) is 130 cm³/mol. The van der Waals surface area contributed by atoms with Gasteiger partial charge in [0.1, 0.15) is 0 Å². The van der Waals surface area contributed by atoms with Gasteiger partial charge < -0.3 is 22.3 Å². The van der Waals surface area contributed by atoms with Crippen LogP contribution >= 0.6 is 0 Å². The Kier molecular flexibility index (Phi) is 11.6. The number of rotatable bonds is 2. The van der Waals surface area contributed by atoms with Crippen LogP contribution in [0, 0.1) is 28.4 Å². The molecular weight excluding hydrogens is 388 g/mol. The Bertz CT molecular complexity index is 669. The Morgan fingerprint density at radius 2 is 1.18 bits per heavy atom. The Morgan fingerprint density at radius 3 is 1.46 bits per heavy atom. The van der Waals surface area contributed by atoms with Crippen molar-refractivity contribution in [2.24, 2.45) is 0 Å². The Balaban J connectivity index is -0.00000156. The molecule has 0 saturated carbocycles. The fourth-order valence-corrected chi connectivity index (χ4v) is 15.4. The van der Waals surface area contributed by atoms with E-state index in [1.54, 1.807) is 5.19 Å². The third-order valence-corrected chi connectivity index (χ3v) is 14.2. The van der Waals surface area contributed by atoms with Gasteiger partial charge in [0, 0.05) is 0 Å². The Labute approximate surface area is 194 Å². The number of benzene rings is 1. The van der Waals surface area contributed by atoms with Crippen molar-refractivity contribution in [1.29, 1.82) is 0 Å². The second kappa shape index (κ2) is 10.1. The third-order valence-electron chi connectivity index (χ3n) is 6.52. The quantitative estimate of drug-likeness (QED) is 0.327. The molecule has 0 heterocycles. The Morgan fingerprint density at radius 1 is 0.786 bits per heavy atom. The van der Waals surface area contributed by atoms with E-state index in [1.165, 1.54) is 16.7 Å². The van der Waals surface area contributed by atoms with Crippen LogP contribution in [0.2, 0.25) is 15.1 Å². The summed E-state index contributed by atoms with van der Waals surface area (Å²) in [5.41, 5.74) is 4.32. The van der Waals surface area contributed by atoms with Crippen molar-refractivity contribution in [2.45, 2.75) is 84.4 Å². The van der Waals surface area contributed by atoms with E-state index < -0.39 is 8.07 Å². The number of hydrogen-bond acceptors (Lipinski definition) is 0. The minimum atomic E-state index is -2.10. The van der Waals surface area contributed by atoms with Gasteiger partial charge in [-0.2, -0.15) is 11.1 Å². The zero-order valence-electron chi connectivity index (χ0n) is 20.9. The molecule has 0 spiro atoms. The summed E-state index contributed by atoms with van der Waals surface area (Å²) in [4.78, 5) is 0. The van der Waals surface area contributed by atoms with Crippen LogP contribution in [0.5, 0.6) is 0 Å². The normalized spacial score (nSPS) is 19.6. The van der Waals surface area contributed by atoms with Crippen molar-refractivity contribution in [3.05, 3.63) is 75.4 Å². The first-order valence-corrected chi connectivity index (χ1v) is 11.2. The van der Waals surface area contributed by atoms with Gasteiger partial charge in [-0.15, -0.1) is 6.92 Å². The van der Waals surface area contributed by atoms with E-state index in [0.717, 1.165) is 0 Å². The zero-order chi connectivity index (χ0) is 18.6. The fourth-order valence-electron chi connectivity index (χ4n) is 6.06. The zero-order valence-corrected chi connectivity index (χ0v) is 23.4. The molecule has 0 saturated heterocycles. The van der Waals surface area contributed by atoms with Crippen molar-refractivity contribution >= 4 is 13.3 Å². The van der Waals surface area contributed by atoms with E-state index in [2.05, 4.69) is 106 Å². The molecule has 0 amide bonds. The summed E-state index contributed by atoms with van der Waals surface area (Å²) in [7, 11) is -2.10. The largest absolute Gasteiger partial charge is 4.00 e. The molecule has 2 rings (SSSR count). The standard InChI is InChI=1S/C23H35Si.3CH3.Ti/c1-17-16-23(10,19(3)18(17)2)24(21(4,5)6,22(7,8)9)20-14-12-11-13-15-20;;;;/h11-15H,1-10H3;3*1H3;/q4*-1;+4. The number of hydrogen-bond donors (Lipinski definition) is 0. The van der Waals surface area contributed by atoms with Crippen LogP contribution in [0.15, 0.2) is 47.1 Å². The summed E-state index contributed by atoms with van der Waals surface area (Å²) in [6.45, 7) is 24.1. The van der Waals surface area contributed by atoms with Crippen molar-refractivity contribution in [3.63, 3.8) is 0 Å². The van der Waals surface area contributed by atoms with Crippen LogP contribution in [-0.2, 0) is 21.7 Å². The monoisotopic (exact) mass is 432 g/mol. The van der Waals surface area contributed by atoms with Gasteiger partial charge in [-0.05, 0) is 10.1 Å². The average Bonchev–Trinajstić information content (AvgIpc) is 2.62. The van der Waals surface area contributed by atoms with E-state index in [1.807, 2.05) is 0 Å². The molecule has 0 radical (unpaired) electrons. The molecule has 28 heavy (non-hydrogen) atoms. The predicted octanol–water partition coefficient (Wildman–Crippen LogP) is 8.15. The summed E-state index contributed by atoms with van der Waals surface area (Å²) in [6, 6.07) is 11.3. The van der Waals surface area contributed by atoms with Gasteiger partial charge in [0.05, 0.1) is 8.07 Å². The molecule has 0 aromatic heterocycles. The molecule has 0 fully saturated rings. The molecule has 1 aromatic rings. The van der Waals surface area contributed by atoms with Gasteiger partial charge in [0.25, 0.3) is 0 Å². The molecule has 0 bridgehead atoms. The van der Waals surface area contributed by atoms with Gasteiger partial charge in [-0.25, -0.2) is 5.57 Å². The first-order valence-electron chi connectivity index (χ1n) is 9.16. The topological polar surface area (TPSA) is 0 Å². The van der Waals surface area contributed by atoms with E-state index in [9.17, 15) is 0 Å². The van der Waals surface area contributed by atoms with Crippen LogP contribution in [0.1, 0.15) is 69.2 Å². The van der Waals surface area contributed by atoms with Crippen molar-refractivity contribution < 1.29 is 21.7 Å². The van der Waals surface area contributed by atoms with E-state index in [0.29, 0.717) is 0 Å². The van der Waals surface area contributed by atoms with Crippen LogP contribution < -0.4 is 5.19 Å². The fraction of sp³-hybridized carbons (Fsp3) is 0.500. The van der Waals surface area contributed by atoms with Gasteiger partial charge >= 0.3 is 21.7 Å². The molecule has 1 aliphatic carbocycles. The van der Waals surface area contributed by atoms with Crippen molar-refractivity contribution in [3.8, 4) is 0 Å². The second-order valence-electron chi connectivity index (χ2n) is 9.74. The average molecular weight is 433 g/mol. The summed E-state index contributed by atoms with van der Waals surface area (Å²) in [5, 5.41) is 1.99. The maximum atomic E-state index is 3.99. The molecule has 156 valence electrons. The molecule has 0 nitrogen and oxygen atoms in total. The molecule has 0 N–H and O–H groups in total. The van der Waals surface area contributed by atoms with Gasteiger partial charge in [-0.3, -0.25) is 6.08 Å². The molecule has 0 aliphatic heterocycles. The maximum Gasteiger partial charge on any atom is 4.00 e. The SMILES string of the molecule is CC1=[C-]C(C)([Si](c2ccccc2)(C(C)(C)C)C(C)(C)C)C(C)=C1C.[CH3-].[CH3-].[CH3-].[Ti+4]. The number of allylic oxidation sites excluding steroid dienone is 4. The van der Waals surface area contributed by atoms with E-state index in [-0.39, 0.29) is 59.1 Å². The van der Waals surface area contributed by atoms with Crippen LogP contribution in [0.3, 0.4) is 0 Å². The summed E-state index contributed by atoms with van der Waals surface area (Å²) in [5.74, 6) is 0. The minimum absolute atomic E-state index is 0. The van der Waals surface area contributed by atoms with Crippen LogP contribution in [-0.4, -0.2) is 8.07 Å². The maximum absolute atomic E-state index is 3.99. The van der Waals surface area contributed by atoms with Gasteiger partial charge in [-0.1, -0.05) is 103 Å². The Hall–Kier alpha value is -0.369. The third kappa shape index (κ3) is 4.37. The molecule has 1 aliphatic rings. The van der Waals surface area contributed by atoms with Crippen LogP contribution in [0.4, 0.5) is 0 Å². The van der Waals surface area contributed by atoms with E-state index >= 15 is 0 Å². The first kappa shape index (κ1) is 32.3. The summed E-state index contributed by atoms with van der Waals surface area (Å²) in [6.07, 6.45) is 3.99. The van der Waals surface area contributed by atoms with Crippen LogP contribution in [0.25, 0.3) is 0 Å². The van der Waals surface area contributed by atoms with Crippen molar-refractivity contribution in [1.82, 2.24) is 0 Å². The minimum Gasteiger partial charge on any atom is -0.358 e. The second-order valence-corrected chi connectivity index (χ2v) is 15.8. The summed E-state index contributed by atoms with van der Waals surface area (Å²) < 4.78 is 0.